The number of nitrogens with zero attached hydrogens (tertiary/aromatic N) is 2. The fourth-order valence-corrected chi connectivity index (χ4v) is 4.59. The molecule has 2 saturated heterocycles. The van der Waals surface area contributed by atoms with Crippen molar-refractivity contribution in [2.24, 2.45) is 5.41 Å². The predicted octanol–water partition coefficient (Wildman–Crippen LogP) is 0.912. The van der Waals surface area contributed by atoms with Crippen molar-refractivity contribution in [3.63, 3.8) is 0 Å². The van der Waals surface area contributed by atoms with E-state index in [1.54, 1.807) is 13.8 Å². The number of nitrogens with one attached hydrogen (secondary N) is 1. The highest BCUT2D eigenvalue weighted by atomic mass is 31.2. The lowest BCUT2D eigenvalue weighted by Gasteiger charge is -2.34. The first kappa shape index (κ1) is 18.0. The number of hydrogen-bond donors (Lipinski definition) is 1. The summed E-state index contributed by atoms with van der Waals surface area (Å²) >= 11 is 0. The van der Waals surface area contributed by atoms with E-state index in [0.717, 1.165) is 10.6 Å². The molecule has 1 unspecified atom stereocenters. The standard InChI is InChI=1S/C14H18N3O7P/c1-8(2)23-25(20)21-6-9-11(24-25)14(3,7-15)12(22-9)17-5-4-10(18)16-13(17)19/h4-5,8-9,11-12H,6H2,1-3H3,(H,16,18,19)/t9-,11-,12-,14-,25?/m1/s1. The second kappa shape index (κ2) is 6.20. The molecule has 2 aliphatic rings. The molecule has 2 fully saturated rings. The average molecular weight is 371 g/mol. The van der Waals surface area contributed by atoms with Crippen molar-refractivity contribution in [1.29, 1.82) is 5.26 Å². The highest BCUT2D eigenvalue weighted by Gasteiger charge is 2.61. The molecule has 1 N–H and O–H groups in total. The Morgan fingerprint density at radius 3 is 2.84 bits per heavy atom. The van der Waals surface area contributed by atoms with Gasteiger partial charge in [-0.05, 0) is 20.8 Å². The molecule has 0 radical (unpaired) electrons. The molecule has 3 rings (SSSR count). The second-order valence-corrected chi connectivity index (χ2v) is 7.94. The van der Waals surface area contributed by atoms with Crippen LogP contribution in [0.4, 0.5) is 0 Å². The molecule has 10 nitrogen and oxygen atoms in total. The molecule has 25 heavy (non-hydrogen) atoms. The van der Waals surface area contributed by atoms with E-state index in [4.69, 9.17) is 18.3 Å². The number of aromatic amines is 1. The van der Waals surface area contributed by atoms with E-state index in [2.05, 4.69) is 11.1 Å². The van der Waals surface area contributed by atoms with Gasteiger partial charge in [0.15, 0.2) is 6.23 Å². The summed E-state index contributed by atoms with van der Waals surface area (Å²) in [6.45, 7) is 4.77. The number of rotatable bonds is 3. The van der Waals surface area contributed by atoms with Crippen LogP contribution < -0.4 is 11.2 Å². The summed E-state index contributed by atoms with van der Waals surface area (Å²) in [5.41, 5.74) is -2.64. The fourth-order valence-electron chi connectivity index (χ4n) is 2.94. The van der Waals surface area contributed by atoms with Crippen LogP contribution in [0.3, 0.4) is 0 Å². The molecule has 0 aromatic carbocycles. The number of nitriles is 1. The normalized spacial score (nSPS) is 37.6. The fraction of sp³-hybridized carbons (Fsp3) is 0.643. The molecule has 5 atom stereocenters. The Morgan fingerprint density at radius 2 is 2.24 bits per heavy atom. The van der Waals surface area contributed by atoms with E-state index in [9.17, 15) is 19.4 Å². The molecule has 0 amide bonds. The zero-order valence-electron chi connectivity index (χ0n) is 13.9. The summed E-state index contributed by atoms with van der Waals surface area (Å²) in [6.07, 6.45) is -1.86. The van der Waals surface area contributed by atoms with Crippen LogP contribution >= 0.6 is 7.82 Å². The van der Waals surface area contributed by atoms with Gasteiger partial charge in [0.1, 0.15) is 17.6 Å². The Balaban J connectivity index is 1.98. The van der Waals surface area contributed by atoms with Gasteiger partial charge in [0.05, 0.1) is 18.8 Å². The van der Waals surface area contributed by atoms with Gasteiger partial charge in [0, 0.05) is 12.3 Å². The molecule has 0 aliphatic carbocycles. The molecular weight excluding hydrogens is 353 g/mol. The number of fused-ring (bicyclic) bond motifs is 1. The van der Waals surface area contributed by atoms with Crippen LogP contribution in [0.15, 0.2) is 21.9 Å². The molecule has 3 heterocycles. The molecular formula is C14H18N3O7P. The smallest absolute Gasteiger partial charge is 0.348 e. The van der Waals surface area contributed by atoms with E-state index in [1.807, 2.05) is 0 Å². The summed E-state index contributed by atoms with van der Waals surface area (Å²) in [4.78, 5) is 25.4. The highest BCUT2D eigenvalue weighted by molar-refractivity contribution is 7.48. The third kappa shape index (κ3) is 3.10. The summed E-state index contributed by atoms with van der Waals surface area (Å²) in [6, 6.07) is 3.23. The van der Waals surface area contributed by atoms with Gasteiger partial charge in [0.25, 0.3) is 5.56 Å². The van der Waals surface area contributed by atoms with Gasteiger partial charge in [-0.1, -0.05) is 0 Å². The number of phosphoric ester groups is 1. The minimum atomic E-state index is -3.85. The lowest BCUT2D eigenvalue weighted by Crippen LogP contribution is -2.43. The maximum atomic E-state index is 12.6. The van der Waals surface area contributed by atoms with Crippen LogP contribution in [-0.2, 0) is 22.9 Å². The Morgan fingerprint density at radius 1 is 1.52 bits per heavy atom. The van der Waals surface area contributed by atoms with E-state index in [1.165, 1.54) is 13.1 Å². The first-order chi connectivity index (χ1) is 11.7. The van der Waals surface area contributed by atoms with Crippen LogP contribution in [-0.4, -0.2) is 34.5 Å². The maximum Gasteiger partial charge on any atom is 0.475 e. The first-order valence-corrected chi connectivity index (χ1v) is 9.14. The molecule has 1 aromatic rings. The number of hydrogen-bond acceptors (Lipinski definition) is 8. The van der Waals surface area contributed by atoms with Crippen LogP contribution in [0.25, 0.3) is 0 Å². The Hall–Kier alpha value is -1.76. The third-order valence-electron chi connectivity index (χ3n) is 4.07. The van der Waals surface area contributed by atoms with Crippen molar-refractivity contribution in [2.75, 3.05) is 6.61 Å². The van der Waals surface area contributed by atoms with Gasteiger partial charge < -0.3 is 4.74 Å². The minimum absolute atomic E-state index is 0.111. The van der Waals surface area contributed by atoms with Crippen molar-refractivity contribution in [2.45, 2.75) is 45.3 Å². The molecule has 136 valence electrons. The van der Waals surface area contributed by atoms with E-state index in [0.29, 0.717) is 0 Å². The topological polar surface area (TPSA) is 133 Å². The van der Waals surface area contributed by atoms with Gasteiger partial charge in [-0.25, -0.2) is 9.36 Å². The van der Waals surface area contributed by atoms with Gasteiger partial charge in [-0.3, -0.25) is 27.9 Å². The van der Waals surface area contributed by atoms with Gasteiger partial charge in [0.2, 0.25) is 0 Å². The third-order valence-corrected chi connectivity index (χ3v) is 5.70. The van der Waals surface area contributed by atoms with Crippen molar-refractivity contribution in [3.8, 4) is 6.07 Å². The molecule has 0 bridgehead atoms. The van der Waals surface area contributed by atoms with Crippen LogP contribution in [0.1, 0.15) is 27.0 Å². The maximum absolute atomic E-state index is 12.6. The van der Waals surface area contributed by atoms with Crippen LogP contribution in [0.5, 0.6) is 0 Å². The van der Waals surface area contributed by atoms with E-state index < -0.39 is 49.0 Å². The highest BCUT2D eigenvalue weighted by Crippen LogP contribution is 2.61. The van der Waals surface area contributed by atoms with E-state index in [-0.39, 0.29) is 6.61 Å². The Kier molecular flexibility index (Phi) is 4.47. The number of aromatic nitrogens is 2. The van der Waals surface area contributed by atoms with Gasteiger partial charge >= 0.3 is 13.5 Å². The summed E-state index contributed by atoms with van der Waals surface area (Å²) in [5, 5.41) is 9.72. The Labute approximate surface area is 142 Å². The minimum Gasteiger partial charge on any atom is -0.348 e. The lowest BCUT2D eigenvalue weighted by molar-refractivity contribution is -0.0749. The lowest BCUT2D eigenvalue weighted by atomic mass is 9.84. The molecule has 0 saturated carbocycles. The van der Waals surface area contributed by atoms with Crippen molar-refractivity contribution >= 4 is 7.82 Å². The number of ether oxygens (including phenoxy) is 1. The second-order valence-electron chi connectivity index (χ2n) is 6.36. The zero-order chi connectivity index (χ0) is 18.4. The van der Waals surface area contributed by atoms with Crippen molar-refractivity contribution in [3.05, 3.63) is 33.1 Å². The summed E-state index contributed by atoms with van der Waals surface area (Å²) < 4.78 is 35.4. The van der Waals surface area contributed by atoms with E-state index >= 15 is 0 Å². The van der Waals surface area contributed by atoms with Crippen molar-refractivity contribution in [1.82, 2.24) is 9.55 Å². The molecule has 1 aromatic heterocycles. The van der Waals surface area contributed by atoms with Gasteiger partial charge in [-0.2, -0.15) is 5.26 Å². The SMILES string of the molecule is CC(C)OP1(=O)OC[C@H]2O[C@@H](n3ccc(=O)[nH]c3=O)[C@](C)(C#N)[C@@H]2O1. The Bertz CT molecular complexity index is 872. The summed E-state index contributed by atoms with van der Waals surface area (Å²) in [7, 11) is -3.85. The predicted molar refractivity (Wildman–Crippen MR) is 83.6 cm³/mol. The zero-order valence-corrected chi connectivity index (χ0v) is 14.8. The average Bonchev–Trinajstić information content (AvgIpc) is 2.79. The number of H-pyrrole nitrogens is 1. The largest absolute Gasteiger partial charge is 0.475 e. The van der Waals surface area contributed by atoms with Crippen LogP contribution in [0, 0.1) is 16.7 Å². The van der Waals surface area contributed by atoms with Crippen molar-refractivity contribution < 1.29 is 22.9 Å². The molecule has 0 spiro atoms. The van der Waals surface area contributed by atoms with Gasteiger partial charge in [-0.15, -0.1) is 0 Å². The quantitative estimate of drug-likeness (QED) is 0.775. The monoisotopic (exact) mass is 371 g/mol. The summed E-state index contributed by atoms with van der Waals surface area (Å²) in [5.74, 6) is 0. The molecule has 11 heteroatoms. The van der Waals surface area contributed by atoms with Crippen LogP contribution in [0.2, 0.25) is 0 Å². The molecule has 2 aliphatic heterocycles. The first-order valence-electron chi connectivity index (χ1n) is 7.68. The number of phosphoric acid groups is 1.